The first-order valence-corrected chi connectivity index (χ1v) is 13.5. The van der Waals surface area contributed by atoms with Gasteiger partial charge in [-0.3, -0.25) is 0 Å². The molecule has 0 amide bonds. The summed E-state index contributed by atoms with van der Waals surface area (Å²) in [5.74, 6) is 0. The fourth-order valence-corrected chi connectivity index (χ4v) is 7.81. The molecule has 2 atom stereocenters. The van der Waals surface area contributed by atoms with Crippen LogP contribution in [0.3, 0.4) is 0 Å². The fourth-order valence-electron chi connectivity index (χ4n) is 3.84. The van der Waals surface area contributed by atoms with Gasteiger partial charge in [0.15, 0.2) is 0 Å². The van der Waals surface area contributed by atoms with E-state index in [0.29, 0.717) is 0 Å². The van der Waals surface area contributed by atoms with Crippen LogP contribution in [0.5, 0.6) is 0 Å². The number of nitrogens with zero attached hydrogens (tertiary/aromatic N) is 1. The zero-order valence-corrected chi connectivity index (χ0v) is 18.1. The summed E-state index contributed by atoms with van der Waals surface area (Å²) < 4.78 is 2.64. The summed E-state index contributed by atoms with van der Waals surface area (Å²) >= 11 is 0. The Morgan fingerprint density at radius 2 is 1.21 bits per heavy atom. The van der Waals surface area contributed by atoms with Crippen molar-refractivity contribution in [3.05, 3.63) is 109 Å². The van der Waals surface area contributed by atoms with Crippen LogP contribution in [-0.2, 0) is 0 Å². The molecular formula is C26H23NP2. The molecule has 0 spiro atoms. The zero-order valence-electron chi connectivity index (χ0n) is 16.2. The Labute approximate surface area is 175 Å². The molecule has 1 saturated heterocycles. The fraction of sp³-hybridized carbons (Fsp3) is 0.0769. The lowest BCUT2D eigenvalue weighted by Crippen LogP contribution is -2.16. The van der Waals surface area contributed by atoms with Crippen LogP contribution < -0.4 is 4.67 Å². The minimum Gasteiger partial charge on any atom is -0.316 e. The van der Waals surface area contributed by atoms with Crippen LogP contribution in [0, 0.1) is 0 Å². The predicted molar refractivity (Wildman–Crippen MR) is 131 cm³/mol. The number of benzene rings is 4. The molecule has 142 valence electrons. The zero-order chi connectivity index (χ0) is 19.5. The highest BCUT2D eigenvalue weighted by Crippen LogP contribution is 2.70. The van der Waals surface area contributed by atoms with Gasteiger partial charge in [-0.05, 0) is 47.2 Å². The van der Waals surface area contributed by atoms with E-state index in [2.05, 4.69) is 114 Å². The average molecular weight is 411 g/mol. The quantitative estimate of drug-likeness (QED) is 0.299. The Kier molecular flexibility index (Phi) is 5.44. The van der Waals surface area contributed by atoms with Crippen molar-refractivity contribution in [1.82, 2.24) is 0 Å². The summed E-state index contributed by atoms with van der Waals surface area (Å²) in [7, 11) is 0.911. The molecule has 1 fully saturated rings. The molecule has 2 unspecified atom stereocenters. The molecule has 29 heavy (non-hydrogen) atoms. The van der Waals surface area contributed by atoms with Gasteiger partial charge in [0.2, 0.25) is 0 Å². The largest absolute Gasteiger partial charge is 0.316 e. The molecule has 1 heterocycles. The van der Waals surface area contributed by atoms with Crippen LogP contribution in [0.25, 0.3) is 22.3 Å². The molecule has 4 aromatic rings. The third-order valence-electron chi connectivity index (χ3n) is 5.28. The van der Waals surface area contributed by atoms with E-state index >= 15 is 0 Å². The maximum absolute atomic E-state index is 2.64. The van der Waals surface area contributed by atoms with Crippen molar-refractivity contribution in [2.75, 3.05) is 17.0 Å². The molecule has 1 aliphatic rings. The minimum absolute atomic E-state index is 0.141. The third-order valence-corrected chi connectivity index (χ3v) is 11.2. The monoisotopic (exact) mass is 411 g/mol. The van der Waals surface area contributed by atoms with E-state index in [1.165, 1.54) is 46.0 Å². The van der Waals surface area contributed by atoms with Gasteiger partial charge >= 0.3 is 0 Å². The van der Waals surface area contributed by atoms with Crippen LogP contribution >= 0.6 is 16.0 Å². The Morgan fingerprint density at radius 3 is 1.79 bits per heavy atom. The van der Waals surface area contributed by atoms with Crippen molar-refractivity contribution >= 4 is 27.4 Å². The smallest absolute Gasteiger partial charge is 0.0535 e. The third kappa shape index (κ3) is 3.74. The maximum atomic E-state index is 2.64. The number of hydrogen-bond donors (Lipinski definition) is 0. The van der Waals surface area contributed by atoms with E-state index in [9.17, 15) is 0 Å². The molecular weight excluding hydrogens is 388 g/mol. The Hall–Kier alpha value is -2.46. The van der Waals surface area contributed by atoms with Crippen molar-refractivity contribution in [2.24, 2.45) is 0 Å². The molecule has 5 rings (SSSR count). The molecule has 1 nitrogen and oxygen atoms in total. The van der Waals surface area contributed by atoms with E-state index in [1.54, 1.807) is 0 Å². The topological polar surface area (TPSA) is 3.24 Å². The Balaban J connectivity index is 1.76. The highest BCUT2D eigenvalue weighted by atomic mass is 32.1. The van der Waals surface area contributed by atoms with Gasteiger partial charge < -0.3 is 4.67 Å². The average Bonchev–Trinajstić information content (AvgIpc) is 2.77. The lowest BCUT2D eigenvalue weighted by molar-refractivity contribution is 1.37. The van der Waals surface area contributed by atoms with Crippen LogP contribution in [-0.4, -0.2) is 12.3 Å². The number of para-hydroxylation sites is 1. The minimum atomic E-state index is -0.141. The van der Waals surface area contributed by atoms with Crippen LogP contribution in [0.2, 0.25) is 0 Å². The van der Waals surface area contributed by atoms with Gasteiger partial charge in [0.05, 0.1) is 5.69 Å². The van der Waals surface area contributed by atoms with Crippen molar-refractivity contribution < 1.29 is 0 Å². The number of hydrogen-bond acceptors (Lipinski definition) is 1. The molecule has 0 saturated carbocycles. The summed E-state index contributed by atoms with van der Waals surface area (Å²) in [4.78, 5) is 0. The lowest BCUT2D eigenvalue weighted by Gasteiger charge is -2.40. The first-order valence-electron chi connectivity index (χ1n) is 10.0. The highest BCUT2D eigenvalue weighted by molar-refractivity contribution is 8.25. The van der Waals surface area contributed by atoms with E-state index < -0.39 is 0 Å². The van der Waals surface area contributed by atoms with Gasteiger partial charge in [-0.15, -0.1) is 0 Å². The van der Waals surface area contributed by atoms with Crippen LogP contribution in [0.4, 0.5) is 11.4 Å². The highest BCUT2D eigenvalue weighted by Gasteiger charge is 2.29. The van der Waals surface area contributed by atoms with Gasteiger partial charge in [0.1, 0.15) is 0 Å². The summed E-state index contributed by atoms with van der Waals surface area (Å²) in [6.07, 6.45) is 2.69. The second kappa shape index (κ2) is 8.50. The van der Waals surface area contributed by atoms with E-state index in [-0.39, 0.29) is 7.76 Å². The Bertz CT molecular complexity index is 1080. The van der Waals surface area contributed by atoms with Gasteiger partial charge in [-0.2, -0.15) is 0 Å². The van der Waals surface area contributed by atoms with Crippen LogP contribution in [0.1, 0.15) is 0 Å². The normalized spacial score (nSPS) is 16.3. The van der Waals surface area contributed by atoms with Crippen LogP contribution in [0.15, 0.2) is 109 Å². The first-order chi connectivity index (χ1) is 14.4. The first kappa shape index (κ1) is 18.6. The van der Waals surface area contributed by atoms with Gasteiger partial charge in [-0.25, -0.2) is 0 Å². The van der Waals surface area contributed by atoms with Crippen molar-refractivity contribution in [3.8, 4) is 22.3 Å². The predicted octanol–water partition coefficient (Wildman–Crippen LogP) is 8.16. The molecule has 0 radical (unpaired) electrons. The van der Waals surface area contributed by atoms with Crippen molar-refractivity contribution in [1.29, 1.82) is 0 Å². The van der Waals surface area contributed by atoms with Gasteiger partial charge in [0, 0.05) is 19.0 Å². The summed E-state index contributed by atoms with van der Waals surface area (Å²) in [5, 5.41) is 0. The van der Waals surface area contributed by atoms with Crippen molar-refractivity contribution in [3.63, 3.8) is 0 Å². The number of anilines is 2. The molecule has 0 aliphatic carbocycles. The second-order valence-corrected chi connectivity index (χ2v) is 12.1. The summed E-state index contributed by atoms with van der Waals surface area (Å²) in [5.41, 5.74) is 7.83. The standard InChI is InChI=1S/C26H23NP2/c1-4-11-21(12-5-1)24-17-10-18-25(26(24)22-13-6-2-7-14-22)27(29-20-19-28-29)23-15-8-3-9-16-23/h1-18,28H,19-20H2. The second-order valence-electron chi connectivity index (χ2n) is 7.11. The van der Waals surface area contributed by atoms with Gasteiger partial charge in [0.25, 0.3) is 0 Å². The summed E-state index contributed by atoms with van der Waals surface area (Å²) in [6, 6.07) is 39.4. The maximum Gasteiger partial charge on any atom is 0.0535 e. The van der Waals surface area contributed by atoms with E-state index in [0.717, 1.165) is 8.27 Å². The lowest BCUT2D eigenvalue weighted by atomic mass is 9.93. The molecule has 0 aromatic heterocycles. The molecule has 4 aromatic carbocycles. The molecule has 1 aliphatic heterocycles. The molecule has 0 bridgehead atoms. The molecule has 0 N–H and O–H groups in total. The van der Waals surface area contributed by atoms with E-state index in [4.69, 9.17) is 0 Å². The Morgan fingerprint density at radius 1 is 0.621 bits per heavy atom. The summed E-state index contributed by atoms with van der Waals surface area (Å²) in [6.45, 7) is 0. The number of rotatable bonds is 5. The van der Waals surface area contributed by atoms with Gasteiger partial charge in [-0.1, -0.05) is 99.3 Å². The van der Waals surface area contributed by atoms with E-state index in [1.807, 2.05) is 0 Å². The van der Waals surface area contributed by atoms with Crippen molar-refractivity contribution in [2.45, 2.75) is 0 Å². The SMILES string of the molecule is c1ccc(-c2cccc(N(c3ccccc3)P3CCP3)c2-c2ccccc2)cc1. The molecule has 3 heteroatoms.